The normalized spacial score (nSPS) is 19.2. The molecule has 0 aromatic heterocycles. The quantitative estimate of drug-likeness (QED) is 0.710. The van der Waals surface area contributed by atoms with E-state index >= 15 is 0 Å². The van der Waals surface area contributed by atoms with Crippen molar-refractivity contribution in [3.63, 3.8) is 0 Å². The number of amides is 1. The molecule has 0 aliphatic heterocycles. The van der Waals surface area contributed by atoms with Gasteiger partial charge < -0.3 is 10.4 Å². The zero-order valence-electron chi connectivity index (χ0n) is 8.45. The summed E-state index contributed by atoms with van der Waals surface area (Å²) in [6, 6.07) is 0. The molecule has 0 aromatic rings. The van der Waals surface area contributed by atoms with Crippen LogP contribution in [0.4, 0.5) is 0 Å². The Morgan fingerprint density at radius 1 is 1.43 bits per heavy atom. The van der Waals surface area contributed by atoms with Crippen LogP contribution in [0.2, 0.25) is 0 Å². The van der Waals surface area contributed by atoms with Gasteiger partial charge in [-0.25, -0.2) is 0 Å². The van der Waals surface area contributed by atoms with Crippen molar-refractivity contribution < 1.29 is 14.7 Å². The third-order valence-corrected chi connectivity index (χ3v) is 2.97. The van der Waals surface area contributed by atoms with Crippen molar-refractivity contribution in [2.24, 2.45) is 11.8 Å². The largest absolute Gasteiger partial charge is 0.481 e. The van der Waals surface area contributed by atoms with Gasteiger partial charge >= 0.3 is 5.97 Å². The first-order valence-electron chi connectivity index (χ1n) is 5.08. The second-order valence-corrected chi connectivity index (χ2v) is 3.87. The van der Waals surface area contributed by atoms with Crippen molar-refractivity contribution in [1.29, 1.82) is 0 Å². The van der Waals surface area contributed by atoms with Gasteiger partial charge in [-0.15, -0.1) is 0 Å². The summed E-state index contributed by atoms with van der Waals surface area (Å²) in [7, 11) is 1.54. The maximum absolute atomic E-state index is 11.1. The van der Waals surface area contributed by atoms with E-state index in [-0.39, 0.29) is 18.2 Å². The molecule has 1 saturated carbocycles. The summed E-state index contributed by atoms with van der Waals surface area (Å²) in [4.78, 5) is 22.1. The van der Waals surface area contributed by atoms with Crippen molar-refractivity contribution in [3.8, 4) is 0 Å². The van der Waals surface area contributed by atoms with Crippen molar-refractivity contribution in [3.05, 3.63) is 0 Å². The lowest BCUT2D eigenvalue weighted by molar-refractivity contribution is -0.146. The maximum atomic E-state index is 11.1. The van der Waals surface area contributed by atoms with E-state index in [0.29, 0.717) is 0 Å². The van der Waals surface area contributed by atoms with E-state index in [1.54, 1.807) is 0 Å². The van der Waals surface area contributed by atoms with Gasteiger partial charge in [0.2, 0.25) is 5.91 Å². The van der Waals surface area contributed by atoms with Gasteiger partial charge in [0, 0.05) is 13.5 Å². The van der Waals surface area contributed by atoms with E-state index in [0.717, 1.165) is 25.7 Å². The van der Waals surface area contributed by atoms with Crippen LogP contribution in [0.3, 0.4) is 0 Å². The molecule has 80 valence electrons. The van der Waals surface area contributed by atoms with Crippen molar-refractivity contribution >= 4 is 11.9 Å². The Hall–Kier alpha value is -1.06. The summed E-state index contributed by atoms with van der Waals surface area (Å²) in [5, 5.41) is 11.5. The first kappa shape index (κ1) is 11.0. The minimum atomic E-state index is -0.833. The lowest BCUT2D eigenvalue weighted by Crippen LogP contribution is -2.29. The molecule has 1 fully saturated rings. The van der Waals surface area contributed by atoms with Gasteiger partial charge in [-0.3, -0.25) is 9.59 Å². The van der Waals surface area contributed by atoms with Crippen molar-refractivity contribution in [2.75, 3.05) is 7.05 Å². The van der Waals surface area contributed by atoms with Crippen LogP contribution in [0, 0.1) is 11.8 Å². The predicted molar refractivity (Wildman–Crippen MR) is 51.8 cm³/mol. The van der Waals surface area contributed by atoms with E-state index in [9.17, 15) is 9.59 Å². The van der Waals surface area contributed by atoms with Crippen LogP contribution in [-0.4, -0.2) is 24.0 Å². The summed E-state index contributed by atoms with van der Waals surface area (Å²) in [5.74, 6) is -1.30. The van der Waals surface area contributed by atoms with E-state index in [2.05, 4.69) is 5.32 Å². The number of hydrogen-bond acceptors (Lipinski definition) is 2. The fourth-order valence-electron chi connectivity index (χ4n) is 2.12. The Balaban J connectivity index is 2.54. The van der Waals surface area contributed by atoms with E-state index in [1.165, 1.54) is 7.05 Å². The molecule has 4 nitrogen and oxygen atoms in total. The molecular formula is C10H17NO3. The average molecular weight is 199 g/mol. The molecular weight excluding hydrogens is 182 g/mol. The number of rotatable bonds is 4. The van der Waals surface area contributed by atoms with Crippen molar-refractivity contribution in [2.45, 2.75) is 32.1 Å². The molecule has 0 radical (unpaired) electrons. The first-order chi connectivity index (χ1) is 6.65. The highest BCUT2D eigenvalue weighted by molar-refractivity contribution is 5.82. The van der Waals surface area contributed by atoms with Crippen molar-refractivity contribution in [1.82, 2.24) is 5.32 Å². The van der Waals surface area contributed by atoms with Gasteiger partial charge in [0.1, 0.15) is 0 Å². The Labute approximate surface area is 83.7 Å². The third kappa shape index (κ3) is 2.72. The Morgan fingerprint density at radius 3 is 2.43 bits per heavy atom. The number of carbonyl (C=O) groups is 2. The summed E-state index contributed by atoms with van der Waals surface area (Å²) >= 11 is 0. The monoisotopic (exact) mass is 199 g/mol. The highest BCUT2D eigenvalue weighted by Crippen LogP contribution is 2.33. The predicted octanol–water partition coefficient (Wildman–Crippen LogP) is 1.01. The molecule has 0 spiro atoms. The topological polar surface area (TPSA) is 66.4 Å². The van der Waals surface area contributed by atoms with Gasteiger partial charge in [-0.05, 0) is 18.8 Å². The molecule has 0 saturated heterocycles. The zero-order chi connectivity index (χ0) is 10.6. The zero-order valence-corrected chi connectivity index (χ0v) is 8.45. The van der Waals surface area contributed by atoms with Gasteiger partial charge in [-0.2, -0.15) is 0 Å². The number of aliphatic carboxylic acids is 1. The molecule has 1 aliphatic rings. The number of hydrogen-bond donors (Lipinski definition) is 2. The lowest BCUT2D eigenvalue weighted by Gasteiger charge is -2.17. The smallest absolute Gasteiger partial charge is 0.307 e. The number of carboxylic acid groups (broad SMARTS) is 1. The minimum absolute atomic E-state index is 0.122. The third-order valence-electron chi connectivity index (χ3n) is 2.97. The SMILES string of the molecule is CNC(=O)CC(C(=O)O)C1CCCC1. The molecule has 1 aliphatic carbocycles. The van der Waals surface area contributed by atoms with Crippen LogP contribution in [0.5, 0.6) is 0 Å². The summed E-state index contributed by atoms with van der Waals surface area (Å²) in [6.07, 6.45) is 4.23. The lowest BCUT2D eigenvalue weighted by atomic mass is 9.88. The standard InChI is InChI=1S/C10H17NO3/c1-11-9(12)6-8(10(13)14)7-4-2-3-5-7/h7-8H,2-6H2,1H3,(H,11,12)(H,13,14). The van der Waals surface area contributed by atoms with E-state index in [1.807, 2.05) is 0 Å². The molecule has 0 aromatic carbocycles. The molecule has 1 rings (SSSR count). The molecule has 1 unspecified atom stereocenters. The minimum Gasteiger partial charge on any atom is -0.481 e. The van der Waals surface area contributed by atoms with Crippen LogP contribution >= 0.6 is 0 Å². The first-order valence-corrected chi connectivity index (χ1v) is 5.08. The van der Waals surface area contributed by atoms with Crippen LogP contribution < -0.4 is 5.32 Å². The van der Waals surface area contributed by atoms with Gasteiger partial charge in [0.05, 0.1) is 5.92 Å². The maximum Gasteiger partial charge on any atom is 0.307 e. The van der Waals surface area contributed by atoms with Crippen LogP contribution in [0.25, 0.3) is 0 Å². The van der Waals surface area contributed by atoms with E-state index in [4.69, 9.17) is 5.11 Å². The van der Waals surface area contributed by atoms with Crippen LogP contribution in [0.15, 0.2) is 0 Å². The second-order valence-electron chi connectivity index (χ2n) is 3.87. The summed E-state index contributed by atoms with van der Waals surface area (Å²) < 4.78 is 0. The highest BCUT2D eigenvalue weighted by atomic mass is 16.4. The molecule has 0 bridgehead atoms. The van der Waals surface area contributed by atoms with Crippen LogP contribution in [0.1, 0.15) is 32.1 Å². The molecule has 4 heteroatoms. The number of nitrogens with one attached hydrogen (secondary N) is 1. The molecule has 14 heavy (non-hydrogen) atoms. The Morgan fingerprint density at radius 2 is 2.00 bits per heavy atom. The molecule has 0 heterocycles. The van der Waals surface area contributed by atoms with Crippen LogP contribution in [-0.2, 0) is 9.59 Å². The molecule has 1 amide bonds. The fourth-order valence-corrected chi connectivity index (χ4v) is 2.12. The molecule has 2 N–H and O–H groups in total. The second kappa shape index (κ2) is 4.98. The summed E-state index contributed by atoms with van der Waals surface area (Å²) in [6.45, 7) is 0. The Kier molecular flexibility index (Phi) is 3.92. The molecule has 1 atom stereocenters. The fraction of sp³-hybridized carbons (Fsp3) is 0.800. The number of carboxylic acids is 1. The van der Waals surface area contributed by atoms with Gasteiger partial charge in [0.25, 0.3) is 0 Å². The van der Waals surface area contributed by atoms with Gasteiger partial charge in [-0.1, -0.05) is 12.8 Å². The summed E-state index contributed by atoms with van der Waals surface area (Å²) in [5.41, 5.74) is 0. The highest BCUT2D eigenvalue weighted by Gasteiger charge is 2.31. The van der Waals surface area contributed by atoms with E-state index < -0.39 is 11.9 Å². The van der Waals surface area contributed by atoms with Gasteiger partial charge in [0.15, 0.2) is 0 Å². The Bertz CT molecular complexity index is 221. The average Bonchev–Trinajstić information content (AvgIpc) is 2.65. The number of carbonyl (C=O) groups excluding carboxylic acids is 1.